The molecule has 1 aromatic heterocycles. The van der Waals surface area contributed by atoms with Crippen LogP contribution in [-0.2, 0) is 14.8 Å². The van der Waals surface area contributed by atoms with Crippen LogP contribution in [0.4, 0.5) is 11.4 Å². The monoisotopic (exact) mass is 454 g/mol. The first-order valence-corrected chi connectivity index (χ1v) is 11.6. The van der Waals surface area contributed by atoms with E-state index < -0.39 is 14.9 Å². The van der Waals surface area contributed by atoms with Crippen LogP contribution >= 0.6 is 0 Å². The molecule has 9 nitrogen and oxygen atoms in total. The van der Waals surface area contributed by atoms with Gasteiger partial charge in [-0.3, -0.25) is 19.9 Å². The molecule has 166 valence electrons. The maximum Gasteiger partial charge on any atom is 0.270 e. The molecule has 32 heavy (non-hydrogen) atoms. The first-order chi connectivity index (χ1) is 15.3. The number of anilines is 1. The fraction of sp³-hybridized carbons (Fsp3) is 0.273. The quantitative estimate of drug-likeness (QED) is 0.465. The first kappa shape index (κ1) is 21.8. The molecule has 0 spiro atoms. The molecule has 0 aliphatic carbocycles. The Labute approximate surface area is 185 Å². The predicted molar refractivity (Wildman–Crippen MR) is 120 cm³/mol. The number of amides is 1. The summed E-state index contributed by atoms with van der Waals surface area (Å²) < 4.78 is 27.4. The molecule has 1 saturated heterocycles. The Balaban J connectivity index is 1.43. The number of nitrogens with zero attached hydrogens (tertiary/aromatic N) is 3. The maximum absolute atomic E-state index is 13.1. The molecule has 10 heteroatoms. The summed E-state index contributed by atoms with van der Waals surface area (Å²) in [5.74, 6) is -0.478. The molecule has 1 aliphatic heterocycles. The number of hydrogen-bond acceptors (Lipinski definition) is 6. The molecule has 0 saturated carbocycles. The topological polar surface area (TPSA) is 123 Å². The fourth-order valence-corrected chi connectivity index (χ4v) is 5.59. The summed E-state index contributed by atoms with van der Waals surface area (Å²) in [4.78, 5) is 27.4. The van der Waals surface area contributed by atoms with Crippen molar-refractivity contribution < 1.29 is 18.1 Å². The molecule has 0 radical (unpaired) electrons. The lowest BCUT2D eigenvalue weighted by Crippen LogP contribution is -2.41. The highest BCUT2D eigenvalue weighted by molar-refractivity contribution is 7.89. The number of benzene rings is 2. The van der Waals surface area contributed by atoms with Gasteiger partial charge in [-0.1, -0.05) is 12.1 Å². The van der Waals surface area contributed by atoms with Crippen LogP contribution in [-0.4, -0.2) is 41.6 Å². The third-order valence-corrected chi connectivity index (χ3v) is 7.74. The number of nitro groups is 1. The van der Waals surface area contributed by atoms with Crippen LogP contribution in [0.25, 0.3) is 10.9 Å². The van der Waals surface area contributed by atoms with E-state index in [9.17, 15) is 23.3 Å². The largest absolute Gasteiger partial charge is 0.326 e. The summed E-state index contributed by atoms with van der Waals surface area (Å²) in [7, 11) is -3.89. The second-order valence-corrected chi connectivity index (χ2v) is 9.69. The Bertz CT molecular complexity index is 1300. The number of non-ortho nitro benzene ring substituents is 1. The molecule has 0 atom stereocenters. The normalized spacial score (nSPS) is 15.5. The van der Waals surface area contributed by atoms with Gasteiger partial charge in [0, 0.05) is 48.4 Å². The molecule has 4 rings (SSSR count). The molecular weight excluding hydrogens is 432 g/mol. The van der Waals surface area contributed by atoms with Gasteiger partial charge in [-0.25, -0.2) is 8.42 Å². The van der Waals surface area contributed by atoms with E-state index in [1.54, 1.807) is 19.2 Å². The standard InChI is InChI=1S/C22H22N4O5S/c1-15-4-6-19(26(28)29)14-21(15)32(30,31)25-11-8-16(9-12-25)22(27)24-18-5-7-20-17(13-18)3-2-10-23-20/h2-7,10,13-14,16H,8-9,11-12H2,1H3,(H,24,27). The van der Waals surface area contributed by atoms with E-state index in [4.69, 9.17) is 0 Å². The number of nitrogens with one attached hydrogen (secondary N) is 1. The molecular formula is C22H22N4O5S. The molecule has 2 heterocycles. The summed E-state index contributed by atoms with van der Waals surface area (Å²) in [6.45, 7) is 1.95. The second-order valence-electron chi connectivity index (χ2n) is 7.79. The first-order valence-electron chi connectivity index (χ1n) is 10.2. The number of carbonyl (C=O) groups is 1. The average Bonchev–Trinajstić information content (AvgIpc) is 2.79. The third-order valence-electron chi connectivity index (χ3n) is 5.70. The Morgan fingerprint density at radius 2 is 1.91 bits per heavy atom. The highest BCUT2D eigenvalue weighted by atomic mass is 32.2. The van der Waals surface area contributed by atoms with E-state index in [1.165, 1.54) is 16.4 Å². The lowest BCUT2D eigenvalue weighted by Gasteiger charge is -2.30. The van der Waals surface area contributed by atoms with Crippen LogP contribution in [0.5, 0.6) is 0 Å². The van der Waals surface area contributed by atoms with Gasteiger partial charge in [-0.15, -0.1) is 0 Å². The number of pyridine rings is 1. The zero-order valence-corrected chi connectivity index (χ0v) is 18.2. The maximum atomic E-state index is 13.1. The Morgan fingerprint density at radius 1 is 1.16 bits per heavy atom. The van der Waals surface area contributed by atoms with Crippen molar-refractivity contribution in [1.29, 1.82) is 0 Å². The van der Waals surface area contributed by atoms with Crippen molar-refractivity contribution in [2.75, 3.05) is 18.4 Å². The number of rotatable bonds is 5. The van der Waals surface area contributed by atoms with Crippen LogP contribution in [0.15, 0.2) is 59.6 Å². The van der Waals surface area contributed by atoms with Crippen LogP contribution in [0.1, 0.15) is 18.4 Å². The van der Waals surface area contributed by atoms with Gasteiger partial charge in [0.15, 0.2) is 0 Å². The van der Waals surface area contributed by atoms with Crippen molar-refractivity contribution in [3.8, 4) is 0 Å². The van der Waals surface area contributed by atoms with Gasteiger partial charge in [0.1, 0.15) is 0 Å². The Kier molecular flexibility index (Phi) is 5.90. The van der Waals surface area contributed by atoms with Crippen molar-refractivity contribution in [2.24, 2.45) is 5.92 Å². The van der Waals surface area contributed by atoms with Crippen molar-refractivity contribution in [2.45, 2.75) is 24.7 Å². The van der Waals surface area contributed by atoms with Gasteiger partial charge in [-0.2, -0.15) is 4.31 Å². The molecule has 0 bridgehead atoms. The number of piperidine rings is 1. The van der Waals surface area contributed by atoms with Crippen molar-refractivity contribution in [3.63, 3.8) is 0 Å². The van der Waals surface area contributed by atoms with Gasteiger partial charge in [-0.05, 0) is 49.6 Å². The molecule has 2 aromatic carbocycles. The number of sulfonamides is 1. The van der Waals surface area contributed by atoms with E-state index in [1.807, 2.05) is 24.3 Å². The average molecular weight is 455 g/mol. The van der Waals surface area contributed by atoms with Crippen LogP contribution < -0.4 is 5.32 Å². The third kappa shape index (κ3) is 4.32. The second kappa shape index (κ2) is 8.64. The predicted octanol–water partition coefficient (Wildman–Crippen LogP) is 3.49. The van der Waals surface area contributed by atoms with Gasteiger partial charge in [0.2, 0.25) is 15.9 Å². The van der Waals surface area contributed by atoms with Crippen LogP contribution in [0, 0.1) is 23.0 Å². The fourth-order valence-electron chi connectivity index (χ4n) is 3.88. The number of carbonyl (C=O) groups excluding carboxylic acids is 1. The van der Waals surface area contributed by atoms with E-state index in [2.05, 4.69) is 10.3 Å². The van der Waals surface area contributed by atoms with Gasteiger partial charge in [0.05, 0.1) is 15.3 Å². The van der Waals surface area contributed by atoms with Gasteiger partial charge < -0.3 is 5.32 Å². The molecule has 1 amide bonds. The number of nitro benzene ring substituents is 1. The van der Waals surface area contributed by atoms with Crippen LogP contribution in [0.3, 0.4) is 0 Å². The van der Waals surface area contributed by atoms with E-state index >= 15 is 0 Å². The van der Waals surface area contributed by atoms with E-state index in [0.717, 1.165) is 17.0 Å². The molecule has 1 fully saturated rings. The number of hydrogen-bond donors (Lipinski definition) is 1. The van der Waals surface area contributed by atoms with Gasteiger partial charge in [0.25, 0.3) is 5.69 Å². The highest BCUT2D eigenvalue weighted by Crippen LogP contribution is 2.29. The lowest BCUT2D eigenvalue weighted by molar-refractivity contribution is -0.385. The smallest absolute Gasteiger partial charge is 0.270 e. The summed E-state index contributed by atoms with van der Waals surface area (Å²) >= 11 is 0. The van der Waals surface area contributed by atoms with E-state index in [-0.39, 0.29) is 35.5 Å². The lowest BCUT2D eigenvalue weighted by atomic mass is 9.97. The van der Waals surface area contributed by atoms with Crippen molar-refractivity contribution >= 4 is 38.2 Å². The Hall–Kier alpha value is -3.37. The summed E-state index contributed by atoms with van der Waals surface area (Å²) in [6, 6.07) is 13.0. The zero-order chi connectivity index (χ0) is 22.9. The van der Waals surface area contributed by atoms with Gasteiger partial charge >= 0.3 is 0 Å². The summed E-state index contributed by atoms with van der Waals surface area (Å²) in [6.07, 6.45) is 2.44. The number of fused-ring (bicyclic) bond motifs is 1. The molecule has 1 N–H and O–H groups in total. The minimum atomic E-state index is -3.89. The Morgan fingerprint density at radius 3 is 2.62 bits per heavy atom. The van der Waals surface area contributed by atoms with Crippen molar-refractivity contribution in [1.82, 2.24) is 9.29 Å². The van der Waals surface area contributed by atoms with Crippen LogP contribution in [0.2, 0.25) is 0 Å². The molecule has 0 unspecified atom stereocenters. The minimum Gasteiger partial charge on any atom is -0.326 e. The summed E-state index contributed by atoms with van der Waals surface area (Å²) in [5, 5.41) is 14.9. The van der Waals surface area contributed by atoms with E-state index in [0.29, 0.717) is 24.1 Å². The minimum absolute atomic E-state index is 0.0700. The molecule has 3 aromatic rings. The zero-order valence-electron chi connectivity index (χ0n) is 17.4. The highest BCUT2D eigenvalue weighted by Gasteiger charge is 2.33. The number of aryl methyl sites for hydroxylation is 1. The SMILES string of the molecule is Cc1ccc([N+](=O)[O-])cc1S(=O)(=O)N1CCC(C(=O)Nc2ccc3ncccc3c2)CC1. The van der Waals surface area contributed by atoms with Crippen molar-refractivity contribution in [3.05, 3.63) is 70.4 Å². The molecule has 1 aliphatic rings. The summed E-state index contributed by atoms with van der Waals surface area (Å²) in [5.41, 5.74) is 1.67. The number of aromatic nitrogens is 1.